The summed E-state index contributed by atoms with van der Waals surface area (Å²) in [7, 11) is 0. The average molecular weight is 402 g/mol. The summed E-state index contributed by atoms with van der Waals surface area (Å²) in [6.45, 7) is 0.105. The van der Waals surface area contributed by atoms with E-state index in [0.717, 1.165) is 5.56 Å². The maximum absolute atomic E-state index is 13.5. The minimum absolute atomic E-state index is 0.0318. The number of benzene rings is 2. The predicted molar refractivity (Wildman–Crippen MR) is 96.8 cm³/mol. The van der Waals surface area contributed by atoms with Crippen LogP contribution in [0.15, 0.2) is 47.7 Å². The molecule has 28 heavy (non-hydrogen) atoms. The molecular formula is C20H13ClFNO5. The van der Waals surface area contributed by atoms with Gasteiger partial charge in [-0.25, -0.2) is 9.18 Å². The number of rotatable bonds is 2. The lowest BCUT2D eigenvalue weighted by Gasteiger charge is -2.32. The molecule has 0 unspecified atom stereocenters. The van der Waals surface area contributed by atoms with Crippen LogP contribution in [0.3, 0.4) is 0 Å². The molecular weight excluding hydrogens is 389 g/mol. The number of carbonyl (C=O) groups excluding carboxylic acids is 2. The lowest BCUT2D eigenvalue weighted by Crippen LogP contribution is -2.37. The molecule has 0 radical (unpaired) electrons. The molecule has 3 aliphatic rings. The molecule has 5 rings (SSSR count). The van der Waals surface area contributed by atoms with E-state index in [0.29, 0.717) is 28.5 Å². The number of halogens is 2. The van der Waals surface area contributed by atoms with Gasteiger partial charge in [-0.1, -0.05) is 17.7 Å². The maximum atomic E-state index is 13.5. The van der Waals surface area contributed by atoms with Crippen molar-refractivity contribution < 1.29 is 28.2 Å². The Morgan fingerprint density at radius 3 is 2.68 bits per heavy atom. The Kier molecular flexibility index (Phi) is 3.80. The molecule has 0 fully saturated rings. The van der Waals surface area contributed by atoms with Gasteiger partial charge in [0.05, 0.1) is 22.0 Å². The zero-order valence-electron chi connectivity index (χ0n) is 14.4. The predicted octanol–water partition coefficient (Wildman–Crippen LogP) is 3.54. The van der Waals surface area contributed by atoms with E-state index >= 15 is 0 Å². The molecule has 8 heteroatoms. The summed E-state index contributed by atoms with van der Waals surface area (Å²) in [6, 6.07) is 9.35. The standard InChI is InChI=1S/C20H13ClFNO5/c21-13-6-11(2-3-14(13)22)23-15-8-26-20(25)19(15)12(7-18(23)24)10-1-4-16-17(5-10)28-9-27-16/h1-6,12H,7-9H2/t12-/m0/s1. The average Bonchev–Trinajstić information content (AvgIpc) is 3.30. The largest absolute Gasteiger partial charge is 0.456 e. The van der Waals surface area contributed by atoms with Crippen molar-refractivity contribution in [3.05, 3.63) is 64.1 Å². The number of amides is 1. The van der Waals surface area contributed by atoms with Crippen LogP contribution < -0.4 is 14.4 Å². The van der Waals surface area contributed by atoms with Crippen molar-refractivity contribution in [2.45, 2.75) is 12.3 Å². The molecule has 0 aliphatic carbocycles. The molecule has 0 aromatic heterocycles. The van der Waals surface area contributed by atoms with Crippen LogP contribution in [0.1, 0.15) is 17.9 Å². The van der Waals surface area contributed by atoms with E-state index in [1.807, 2.05) is 6.07 Å². The normalized spacial score (nSPS) is 20.5. The number of nitrogens with zero attached hydrogens (tertiary/aromatic N) is 1. The van der Waals surface area contributed by atoms with Gasteiger partial charge in [0.1, 0.15) is 12.4 Å². The summed E-state index contributed by atoms with van der Waals surface area (Å²) in [5, 5.41) is -0.101. The van der Waals surface area contributed by atoms with E-state index in [-0.39, 0.29) is 30.8 Å². The highest BCUT2D eigenvalue weighted by molar-refractivity contribution is 6.31. The number of esters is 1. The third kappa shape index (κ3) is 2.54. The molecule has 0 bridgehead atoms. The molecule has 1 atom stereocenters. The summed E-state index contributed by atoms with van der Waals surface area (Å²) in [6.07, 6.45) is 0.0581. The topological polar surface area (TPSA) is 65.1 Å². The van der Waals surface area contributed by atoms with Crippen LogP contribution in [0.4, 0.5) is 10.1 Å². The molecule has 2 aromatic rings. The molecule has 0 saturated heterocycles. The first-order valence-electron chi connectivity index (χ1n) is 8.60. The van der Waals surface area contributed by atoms with Crippen molar-refractivity contribution in [2.75, 3.05) is 18.3 Å². The minimum Gasteiger partial charge on any atom is -0.456 e. The molecule has 0 N–H and O–H groups in total. The van der Waals surface area contributed by atoms with Crippen LogP contribution in [0.5, 0.6) is 11.5 Å². The number of cyclic esters (lactones) is 1. The van der Waals surface area contributed by atoms with Gasteiger partial charge in [0.25, 0.3) is 0 Å². The maximum Gasteiger partial charge on any atom is 0.336 e. The van der Waals surface area contributed by atoms with Gasteiger partial charge in [-0.2, -0.15) is 0 Å². The Balaban J connectivity index is 1.61. The van der Waals surface area contributed by atoms with E-state index < -0.39 is 17.7 Å². The highest BCUT2D eigenvalue weighted by Gasteiger charge is 2.43. The van der Waals surface area contributed by atoms with Crippen molar-refractivity contribution >= 4 is 29.2 Å². The summed E-state index contributed by atoms with van der Waals surface area (Å²) < 4.78 is 29.5. The summed E-state index contributed by atoms with van der Waals surface area (Å²) in [5.41, 5.74) is 2.03. The number of hydrogen-bond donors (Lipinski definition) is 0. The van der Waals surface area contributed by atoms with E-state index in [9.17, 15) is 14.0 Å². The highest BCUT2D eigenvalue weighted by Crippen LogP contribution is 2.44. The number of ether oxygens (including phenoxy) is 3. The van der Waals surface area contributed by atoms with Gasteiger partial charge < -0.3 is 14.2 Å². The zero-order chi connectivity index (χ0) is 19.4. The number of carbonyl (C=O) groups is 2. The molecule has 1 amide bonds. The van der Waals surface area contributed by atoms with Gasteiger partial charge in [0.15, 0.2) is 11.5 Å². The monoisotopic (exact) mass is 401 g/mol. The minimum atomic E-state index is -0.582. The van der Waals surface area contributed by atoms with Crippen molar-refractivity contribution in [3.63, 3.8) is 0 Å². The Hall–Kier alpha value is -3.06. The third-order valence-corrected chi connectivity index (χ3v) is 5.37. The van der Waals surface area contributed by atoms with Crippen molar-refractivity contribution in [1.29, 1.82) is 0 Å². The fraction of sp³-hybridized carbons (Fsp3) is 0.200. The van der Waals surface area contributed by atoms with Crippen molar-refractivity contribution in [2.24, 2.45) is 0 Å². The van der Waals surface area contributed by atoms with E-state index in [1.165, 1.54) is 23.1 Å². The first kappa shape index (κ1) is 17.1. The Morgan fingerprint density at radius 1 is 1.04 bits per heavy atom. The second-order valence-electron chi connectivity index (χ2n) is 6.63. The lowest BCUT2D eigenvalue weighted by atomic mass is 9.84. The summed E-state index contributed by atoms with van der Waals surface area (Å²) in [4.78, 5) is 26.8. The number of anilines is 1. The summed E-state index contributed by atoms with van der Waals surface area (Å²) >= 11 is 5.88. The van der Waals surface area contributed by atoms with E-state index in [4.69, 9.17) is 25.8 Å². The van der Waals surface area contributed by atoms with Gasteiger partial charge in [-0.15, -0.1) is 0 Å². The van der Waals surface area contributed by atoms with Crippen LogP contribution in [0, 0.1) is 5.82 Å². The second-order valence-corrected chi connectivity index (χ2v) is 7.04. The Labute approximate surface area is 164 Å². The van der Waals surface area contributed by atoms with Crippen LogP contribution in [0.25, 0.3) is 0 Å². The first-order valence-corrected chi connectivity index (χ1v) is 8.98. The first-order chi connectivity index (χ1) is 13.5. The van der Waals surface area contributed by atoms with Crippen LogP contribution in [-0.4, -0.2) is 25.3 Å². The van der Waals surface area contributed by atoms with Crippen LogP contribution in [0.2, 0.25) is 5.02 Å². The summed E-state index contributed by atoms with van der Waals surface area (Å²) in [5.74, 6) is -0.547. The van der Waals surface area contributed by atoms with E-state index in [2.05, 4.69) is 0 Å². The fourth-order valence-corrected chi connectivity index (χ4v) is 3.97. The van der Waals surface area contributed by atoms with Gasteiger partial charge in [-0.05, 0) is 35.9 Å². The molecule has 0 saturated carbocycles. The van der Waals surface area contributed by atoms with Crippen LogP contribution in [-0.2, 0) is 14.3 Å². The fourth-order valence-electron chi connectivity index (χ4n) is 3.79. The molecule has 0 spiro atoms. The van der Waals surface area contributed by atoms with Crippen LogP contribution >= 0.6 is 11.6 Å². The SMILES string of the molecule is O=C1OCC2=C1[C@H](c1ccc3c(c1)OCO3)CC(=O)N2c1ccc(F)c(Cl)c1. The second kappa shape index (κ2) is 6.24. The quantitative estimate of drug-likeness (QED) is 0.720. The Bertz CT molecular complexity index is 1070. The molecule has 3 aliphatic heterocycles. The smallest absolute Gasteiger partial charge is 0.336 e. The number of hydrogen-bond acceptors (Lipinski definition) is 5. The van der Waals surface area contributed by atoms with Gasteiger partial charge in [0.2, 0.25) is 12.7 Å². The van der Waals surface area contributed by atoms with Gasteiger partial charge in [0, 0.05) is 12.3 Å². The van der Waals surface area contributed by atoms with Crippen molar-refractivity contribution in [1.82, 2.24) is 0 Å². The lowest BCUT2D eigenvalue weighted by molar-refractivity contribution is -0.136. The molecule has 3 heterocycles. The van der Waals surface area contributed by atoms with Gasteiger partial charge in [-0.3, -0.25) is 9.69 Å². The van der Waals surface area contributed by atoms with Crippen molar-refractivity contribution in [3.8, 4) is 11.5 Å². The molecule has 2 aromatic carbocycles. The number of fused-ring (bicyclic) bond motifs is 1. The third-order valence-electron chi connectivity index (χ3n) is 5.08. The van der Waals surface area contributed by atoms with E-state index in [1.54, 1.807) is 12.1 Å². The zero-order valence-corrected chi connectivity index (χ0v) is 15.2. The molecule has 142 valence electrons. The highest BCUT2D eigenvalue weighted by atomic mass is 35.5. The molecule has 6 nitrogen and oxygen atoms in total. The van der Waals surface area contributed by atoms with Gasteiger partial charge >= 0.3 is 5.97 Å². The Morgan fingerprint density at radius 2 is 1.86 bits per heavy atom.